The van der Waals surface area contributed by atoms with E-state index in [0.29, 0.717) is 5.56 Å². The monoisotopic (exact) mass is 294 g/mol. The van der Waals surface area contributed by atoms with Crippen molar-refractivity contribution in [2.75, 3.05) is 7.05 Å². The second-order valence-electron chi connectivity index (χ2n) is 4.03. The number of amides is 3. The number of nitrogens with one attached hydrogen (secondary N) is 2. The lowest BCUT2D eigenvalue weighted by Crippen LogP contribution is -2.43. The third-order valence-corrected chi connectivity index (χ3v) is 2.41. The van der Waals surface area contributed by atoms with Gasteiger partial charge >= 0.3 is 12.0 Å². The Bertz CT molecular complexity index is 555. The maximum Gasteiger partial charge on any atom is 0.331 e. The van der Waals surface area contributed by atoms with Crippen molar-refractivity contribution in [3.63, 3.8) is 0 Å². The molecule has 1 aromatic carbocycles. The molecule has 0 saturated heterocycles. The van der Waals surface area contributed by atoms with E-state index in [9.17, 15) is 18.8 Å². The molecule has 112 valence electrons. The second-order valence-corrected chi connectivity index (χ2v) is 4.03. The SMILES string of the molecule is CNC(=O)NC(=O)[C@@H](C)OC(=O)/C=C/c1ccc(F)cc1. The molecule has 2 N–H and O–H groups in total. The lowest BCUT2D eigenvalue weighted by molar-refractivity contribution is -0.149. The fourth-order valence-corrected chi connectivity index (χ4v) is 1.28. The fraction of sp³-hybridized carbons (Fsp3) is 0.214. The van der Waals surface area contributed by atoms with Crippen LogP contribution in [0.2, 0.25) is 0 Å². The van der Waals surface area contributed by atoms with Crippen LogP contribution in [0, 0.1) is 5.82 Å². The first-order chi connectivity index (χ1) is 9.92. The molecule has 21 heavy (non-hydrogen) atoms. The van der Waals surface area contributed by atoms with E-state index in [4.69, 9.17) is 4.74 Å². The lowest BCUT2D eigenvalue weighted by Gasteiger charge is -2.11. The molecular formula is C14H15FN2O4. The Morgan fingerprint density at radius 3 is 2.43 bits per heavy atom. The fourth-order valence-electron chi connectivity index (χ4n) is 1.28. The number of benzene rings is 1. The summed E-state index contributed by atoms with van der Waals surface area (Å²) in [6.07, 6.45) is 1.41. The van der Waals surface area contributed by atoms with Gasteiger partial charge in [-0.25, -0.2) is 14.0 Å². The molecule has 0 spiro atoms. The number of carbonyl (C=O) groups excluding carboxylic acids is 3. The van der Waals surface area contributed by atoms with Crippen LogP contribution in [0.5, 0.6) is 0 Å². The minimum absolute atomic E-state index is 0.380. The van der Waals surface area contributed by atoms with Crippen LogP contribution in [0.4, 0.5) is 9.18 Å². The van der Waals surface area contributed by atoms with Gasteiger partial charge in [0.2, 0.25) is 0 Å². The molecule has 6 nitrogen and oxygen atoms in total. The van der Waals surface area contributed by atoms with Gasteiger partial charge in [0.25, 0.3) is 5.91 Å². The smallest absolute Gasteiger partial charge is 0.331 e. The largest absolute Gasteiger partial charge is 0.449 e. The van der Waals surface area contributed by atoms with Gasteiger partial charge in [-0.3, -0.25) is 10.1 Å². The Balaban J connectivity index is 2.51. The molecule has 0 bridgehead atoms. The van der Waals surface area contributed by atoms with E-state index in [1.54, 1.807) is 0 Å². The molecule has 0 heterocycles. The molecule has 0 aromatic heterocycles. The molecule has 1 rings (SSSR count). The lowest BCUT2D eigenvalue weighted by atomic mass is 10.2. The van der Waals surface area contributed by atoms with Crippen LogP contribution in [-0.4, -0.2) is 31.1 Å². The van der Waals surface area contributed by atoms with Crippen molar-refractivity contribution < 1.29 is 23.5 Å². The number of urea groups is 1. The predicted octanol–water partition coefficient (Wildman–Crippen LogP) is 1.23. The number of halogens is 1. The highest BCUT2D eigenvalue weighted by Crippen LogP contribution is 2.05. The summed E-state index contributed by atoms with van der Waals surface area (Å²) in [7, 11) is 1.35. The molecule has 0 aliphatic carbocycles. The number of imide groups is 1. The van der Waals surface area contributed by atoms with Crippen LogP contribution in [-0.2, 0) is 14.3 Å². The number of hydrogen-bond acceptors (Lipinski definition) is 4. The van der Waals surface area contributed by atoms with Gasteiger partial charge in [0.1, 0.15) is 5.82 Å². The Morgan fingerprint density at radius 1 is 1.24 bits per heavy atom. The number of carbonyl (C=O) groups is 3. The van der Waals surface area contributed by atoms with Crippen molar-refractivity contribution in [1.29, 1.82) is 0 Å². The quantitative estimate of drug-likeness (QED) is 0.646. The number of ether oxygens (including phenoxy) is 1. The normalized spacial score (nSPS) is 11.8. The molecule has 7 heteroatoms. The third-order valence-electron chi connectivity index (χ3n) is 2.41. The van der Waals surface area contributed by atoms with Crippen molar-refractivity contribution in [1.82, 2.24) is 10.6 Å². The number of rotatable bonds is 4. The van der Waals surface area contributed by atoms with Crippen molar-refractivity contribution in [2.24, 2.45) is 0 Å². The summed E-state index contributed by atoms with van der Waals surface area (Å²) in [5.41, 5.74) is 0.607. The molecule has 1 aromatic rings. The highest BCUT2D eigenvalue weighted by atomic mass is 19.1. The van der Waals surface area contributed by atoms with Crippen molar-refractivity contribution in [3.8, 4) is 0 Å². The first kappa shape index (κ1) is 16.4. The summed E-state index contributed by atoms with van der Waals surface area (Å²) in [6, 6.07) is 4.79. The van der Waals surface area contributed by atoms with Crippen LogP contribution in [0.1, 0.15) is 12.5 Å². The molecule has 0 aliphatic heterocycles. The first-order valence-corrected chi connectivity index (χ1v) is 6.09. The van der Waals surface area contributed by atoms with Gasteiger partial charge in [0.05, 0.1) is 0 Å². The van der Waals surface area contributed by atoms with Gasteiger partial charge in [-0.05, 0) is 30.7 Å². The highest BCUT2D eigenvalue weighted by Gasteiger charge is 2.18. The van der Waals surface area contributed by atoms with Gasteiger partial charge in [0, 0.05) is 13.1 Å². The van der Waals surface area contributed by atoms with Gasteiger partial charge in [-0.2, -0.15) is 0 Å². The van der Waals surface area contributed by atoms with Gasteiger partial charge in [0.15, 0.2) is 6.10 Å². The summed E-state index contributed by atoms with van der Waals surface area (Å²) in [6.45, 7) is 1.34. The molecule has 0 aliphatic rings. The van der Waals surface area contributed by atoms with E-state index < -0.39 is 24.0 Å². The Kier molecular flexibility index (Phi) is 6.06. The van der Waals surface area contributed by atoms with E-state index in [0.717, 1.165) is 6.08 Å². The molecule has 0 saturated carbocycles. The molecule has 0 radical (unpaired) electrons. The average Bonchev–Trinajstić information content (AvgIpc) is 2.46. The standard InChI is InChI=1S/C14H15FN2O4/c1-9(13(19)17-14(20)16-2)21-12(18)8-5-10-3-6-11(15)7-4-10/h3-9H,1-2H3,(H2,16,17,19,20)/b8-5+/t9-/m1/s1. The van der Waals surface area contributed by atoms with Crippen molar-refractivity contribution in [2.45, 2.75) is 13.0 Å². The van der Waals surface area contributed by atoms with Gasteiger partial charge in [-0.1, -0.05) is 12.1 Å². The number of esters is 1. The van der Waals surface area contributed by atoms with Crippen LogP contribution in [0.15, 0.2) is 30.3 Å². The summed E-state index contributed by atoms with van der Waals surface area (Å²) in [5.74, 6) is -1.87. The number of hydrogen-bond donors (Lipinski definition) is 2. The van der Waals surface area contributed by atoms with Crippen molar-refractivity contribution in [3.05, 3.63) is 41.7 Å². The first-order valence-electron chi connectivity index (χ1n) is 6.09. The Labute approximate surface area is 121 Å². The van der Waals surface area contributed by atoms with E-state index in [1.165, 1.54) is 44.3 Å². The zero-order valence-corrected chi connectivity index (χ0v) is 11.6. The molecule has 3 amide bonds. The van der Waals surface area contributed by atoms with Crippen LogP contribution >= 0.6 is 0 Å². The van der Waals surface area contributed by atoms with E-state index in [2.05, 4.69) is 5.32 Å². The zero-order chi connectivity index (χ0) is 15.8. The molecule has 0 unspecified atom stereocenters. The predicted molar refractivity (Wildman–Crippen MR) is 73.6 cm³/mol. The molecule has 0 fully saturated rings. The summed E-state index contributed by atoms with van der Waals surface area (Å²) in [5, 5.41) is 4.18. The summed E-state index contributed by atoms with van der Waals surface area (Å²) in [4.78, 5) is 33.9. The highest BCUT2D eigenvalue weighted by molar-refractivity contribution is 5.97. The summed E-state index contributed by atoms with van der Waals surface area (Å²) >= 11 is 0. The third kappa shape index (κ3) is 5.85. The van der Waals surface area contributed by atoms with Crippen LogP contribution in [0.3, 0.4) is 0 Å². The van der Waals surface area contributed by atoms with E-state index >= 15 is 0 Å². The van der Waals surface area contributed by atoms with E-state index in [1.807, 2.05) is 5.32 Å². The topological polar surface area (TPSA) is 84.5 Å². The molecule has 1 atom stereocenters. The maximum atomic E-state index is 12.7. The van der Waals surface area contributed by atoms with Gasteiger partial charge < -0.3 is 10.1 Å². The van der Waals surface area contributed by atoms with Gasteiger partial charge in [-0.15, -0.1) is 0 Å². The van der Waals surface area contributed by atoms with E-state index in [-0.39, 0.29) is 5.82 Å². The summed E-state index contributed by atoms with van der Waals surface area (Å²) < 4.78 is 17.5. The Hall–Kier alpha value is -2.70. The molecular weight excluding hydrogens is 279 g/mol. The van der Waals surface area contributed by atoms with Crippen LogP contribution in [0.25, 0.3) is 6.08 Å². The Morgan fingerprint density at radius 2 is 1.86 bits per heavy atom. The average molecular weight is 294 g/mol. The second kappa shape index (κ2) is 7.78. The zero-order valence-electron chi connectivity index (χ0n) is 11.6. The minimum atomic E-state index is -1.12. The maximum absolute atomic E-state index is 12.7. The van der Waals surface area contributed by atoms with Crippen molar-refractivity contribution >= 4 is 24.0 Å². The minimum Gasteiger partial charge on any atom is -0.449 e. The van der Waals surface area contributed by atoms with Crippen LogP contribution < -0.4 is 10.6 Å².